The summed E-state index contributed by atoms with van der Waals surface area (Å²) >= 11 is 5.60. The standard InChI is InChI=1S/C11H12ClN3O/c1-7(6-12)10(16)15-11-13-8-4-2-3-5-9(8)14-11/h2-5,7H,6H2,1H3,(H2,13,14,15,16). The van der Waals surface area contributed by atoms with E-state index in [1.165, 1.54) is 0 Å². The molecule has 2 N–H and O–H groups in total. The second kappa shape index (κ2) is 4.53. The Morgan fingerprint density at radius 3 is 3.00 bits per heavy atom. The van der Waals surface area contributed by atoms with Crippen molar-refractivity contribution in [2.24, 2.45) is 5.92 Å². The van der Waals surface area contributed by atoms with E-state index in [9.17, 15) is 4.79 Å². The van der Waals surface area contributed by atoms with E-state index in [2.05, 4.69) is 15.3 Å². The van der Waals surface area contributed by atoms with Gasteiger partial charge in [-0.05, 0) is 12.1 Å². The lowest BCUT2D eigenvalue weighted by Gasteiger charge is -2.05. The molecule has 4 nitrogen and oxygen atoms in total. The van der Waals surface area contributed by atoms with Crippen LogP contribution >= 0.6 is 11.6 Å². The van der Waals surface area contributed by atoms with Crippen LogP contribution < -0.4 is 5.32 Å². The summed E-state index contributed by atoms with van der Waals surface area (Å²) in [6.45, 7) is 1.77. The first kappa shape index (κ1) is 11.0. The zero-order valence-electron chi connectivity index (χ0n) is 8.83. The molecule has 2 rings (SSSR count). The predicted molar refractivity (Wildman–Crippen MR) is 64.6 cm³/mol. The molecule has 0 aliphatic heterocycles. The van der Waals surface area contributed by atoms with Crippen LogP contribution in [0.3, 0.4) is 0 Å². The van der Waals surface area contributed by atoms with Crippen LogP contribution in [0.2, 0.25) is 0 Å². The molecule has 16 heavy (non-hydrogen) atoms. The van der Waals surface area contributed by atoms with Crippen LogP contribution in [-0.4, -0.2) is 21.8 Å². The molecule has 84 valence electrons. The number of alkyl halides is 1. The van der Waals surface area contributed by atoms with Crippen molar-refractivity contribution in [2.75, 3.05) is 11.2 Å². The van der Waals surface area contributed by atoms with Crippen LogP contribution in [0.15, 0.2) is 24.3 Å². The average molecular weight is 238 g/mol. The van der Waals surface area contributed by atoms with Gasteiger partial charge in [-0.25, -0.2) is 4.98 Å². The lowest BCUT2D eigenvalue weighted by molar-refractivity contribution is -0.118. The van der Waals surface area contributed by atoms with Crippen molar-refractivity contribution >= 4 is 34.5 Å². The van der Waals surface area contributed by atoms with Gasteiger partial charge in [-0.15, -0.1) is 11.6 Å². The molecule has 1 aromatic heterocycles. The zero-order valence-corrected chi connectivity index (χ0v) is 9.58. The smallest absolute Gasteiger partial charge is 0.230 e. The Kier molecular flexibility index (Phi) is 3.10. The molecule has 0 saturated carbocycles. The number of hydrogen-bond acceptors (Lipinski definition) is 2. The Morgan fingerprint density at radius 2 is 2.31 bits per heavy atom. The van der Waals surface area contributed by atoms with Crippen molar-refractivity contribution in [3.05, 3.63) is 24.3 Å². The number of nitrogens with one attached hydrogen (secondary N) is 2. The first-order valence-electron chi connectivity index (χ1n) is 5.02. The number of aromatic nitrogens is 2. The Bertz CT molecular complexity index is 476. The SMILES string of the molecule is CC(CCl)C(=O)Nc1nc2ccccc2[nH]1. The normalized spacial score (nSPS) is 12.6. The molecule has 0 bridgehead atoms. The largest absolute Gasteiger partial charge is 0.324 e. The van der Waals surface area contributed by atoms with Gasteiger partial charge in [0.25, 0.3) is 0 Å². The number of imidazole rings is 1. The van der Waals surface area contributed by atoms with Crippen LogP contribution in [0.4, 0.5) is 5.95 Å². The highest BCUT2D eigenvalue weighted by Gasteiger charge is 2.13. The highest BCUT2D eigenvalue weighted by molar-refractivity contribution is 6.19. The fourth-order valence-electron chi connectivity index (χ4n) is 1.32. The maximum Gasteiger partial charge on any atom is 0.230 e. The van der Waals surface area contributed by atoms with Gasteiger partial charge in [0, 0.05) is 11.8 Å². The summed E-state index contributed by atoms with van der Waals surface area (Å²) in [5.41, 5.74) is 1.73. The van der Waals surface area contributed by atoms with Gasteiger partial charge in [0.15, 0.2) is 0 Å². The first-order valence-corrected chi connectivity index (χ1v) is 5.55. The number of H-pyrrole nitrogens is 1. The van der Waals surface area contributed by atoms with Crippen LogP contribution in [0.1, 0.15) is 6.92 Å². The van der Waals surface area contributed by atoms with Crippen molar-refractivity contribution in [1.29, 1.82) is 0 Å². The Morgan fingerprint density at radius 1 is 1.56 bits per heavy atom. The van der Waals surface area contributed by atoms with Gasteiger partial charge in [0.2, 0.25) is 11.9 Å². The minimum atomic E-state index is -0.227. The number of hydrogen-bond donors (Lipinski definition) is 2. The molecule has 1 amide bonds. The van der Waals surface area contributed by atoms with Crippen LogP contribution in [0.25, 0.3) is 11.0 Å². The molecule has 1 aromatic carbocycles. The molecule has 0 radical (unpaired) electrons. The molecule has 5 heteroatoms. The molecule has 2 aromatic rings. The number of nitrogens with zero attached hydrogens (tertiary/aromatic N) is 1. The molecule has 0 aliphatic carbocycles. The summed E-state index contributed by atoms with van der Waals surface area (Å²) in [4.78, 5) is 18.8. The quantitative estimate of drug-likeness (QED) is 0.806. The van der Waals surface area contributed by atoms with Crippen LogP contribution in [-0.2, 0) is 4.79 Å². The second-order valence-electron chi connectivity index (χ2n) is 3.65. The summed E-state index contributed by atoms with van der Waals surface area (Å²) in [5, 5.41) is 2.69. The van der Waals surface area contributed by atoms with Crippen molar-refractivity contribution in [3.63, 3.8) is 0 Å². The fourth-order valence-corrected chi connectivity index (χ4v) is 1.46. The monoisotopic (exact) mass is 237 g/mol. The number of benzene rings is 1. The van der Waals surface area contributed by atoms with Gasteiger partial charge < -0.3 is 4.98 Å². The number of rotatable bonds is 3. The van der Waals surface area contributed by atoms with Crippen molar-refractivity contribution in [1.82, 2.24) is 9.97 Å². The summed E-state index contributed by atoms with van der Waals surface area (Å²) in [6, 6.07) is 7.60. The Balaban J connectivity index is 2.18. The van der Waals surface area contributed by atoms with E-state index in [1.807, 2.05) is 24.3 Å². The fraction of sp³-hybridized carbons (Fsp3) is 0.273. The lowest BCUT2D eigenvalue weighted by atomic mass is 10.2. The maximum absolute atomic E-state index is 11.6. The van der Waals surface area contributed by atoms with E-state index in [0.717, 1.165) is 11.0 Å². The molecule has 1 unspecified atom stereocenters. The van der Waals surface area contributed by atoms with Gasteiger partial charge >= 0.3 is 0 Å². The van der Waals surface area contributed by atoms with Gasteiger partial charge in [-0.1, -0.05) is 19.1 Å². The molecule has 0 spiro atoms. The highest BCUT2D eigenvalue weighted by Crippen LogP contribution is 2.14. The Hall–Kier alpha value is -1.55. The molecular weight excluding hydrogens is 226 g/mol. The first-order chi connectivity index (χ1) is 7.70. The van der Waals surface area contributed by atoms with Crippen LogP contribution in [0.5, 0.6) is 0 Å². The number of aromatic amines is 1. The number of anilines is 1. The van der Waals surface area contributed by atoms with Gasteiger partial charge in [0.1, 0.15) is 0 Å². The predicted octanol–water partition coefficient (Wildman–Crippen LogP) is 2.38. The Labute approximate surface area is 98.0 Å². The zero-order chi connectivity index (χ0) is 11.5. The van der Waals surface area contributed by atoms with E-state index in [-0.39, 0.29) is 11.8 Å². The number of fused-ring (bicyclic) bond motifs is 1. The molecule has 1 atom stereocenters. The number of para-hydroxylation sites is 2. The minimum Gasteiger partial charge on any atom is -0.324 e. The van der Waals surface area contributed by atoms with Gasteiger partial charge in [-0.2, -0.15) is 0 Å². The van der Waals surface area contributed by atoms with Crippen molar-refractivity contribution in [2.45, 2.75) is 6.92 Å². The molecule has 0 aliphatic rings. The van der Waals surface area contributed by atoms with E-state index in [4.69, 9.17) is 11.6 Å². The third-order valence-corrected chi connectivity index (χ3v) is 2.77. The second-order valence-corrected chi connectivity index (χ2v) is 3.96. The summed E-state index contributed by atoms with van der Waals surface area (Å²) < 4.78 is 0. The van der Waals surface area contributed by atoms with Crippen LogP contribution in [0, 0.1) is 5.92 Å². The van der Waals surface area contributed by atoms with Gasteiger partial charge in [0.05, 0.1) is 11.0 Å². The summed E-state index contributed by atoms with van der Waals surface area (Å²) in [6.07, 6.45) is 0. The number of carbonyl (C=O) groups excluding carboxylic acids is 1. The molecule has 0 fully saturated rings. The number of carbonyl (C=O) groups is 1. The maximum atomic E-state index is 11.6. The molecule has 1 heterocycles. The number of halogens is 1. The third-order valence-electron chi connectivity index (χ3n) is 2.31. The van der Waals surface area contributed by atoms with E-state index in [1.54, 1.807) is 6.92 Å². The summed E-state index contributed by atoms with van der Waals surface area (Å²) in [7, 11) is 0. The van der Waals surface area contributed by atoms with Crippen molar-refractivity contribution < 1.29 is 4.79 Å². The summed E-state index contributed by atoms with van der Waals surface area (Å²) in [5.74, 6) is 0.401. The van der Waals surface area contributed by atoms with Gasteiger partial charge in [-0.3, -0.25) is 10.1 Å². The highest BCUT2D eigenvalue weighted by atomic mass is 35.5. The lowest BCUT2D eigenvalue weighted by Crippen LogP contribution is -2.22. The number of amides is 1. The molecular formula is C11H12ClN3O. The third kappa shape index (κ3) is 2.17. The topological polar surface area (TPSA) is 57.8 Å². The van der Waals surface area contributed by atoms with E-state index >= 15 is 0 Å². The molecule has 0 saturated heterocycles. The minimum absolute atomic E-state index is 0.131. The average Bonchev–Trinajstić information content (AvgIpc) is 2.69. The van der Waals surface area contributed by atoms with E-state index < -0.39 is 0 Å². The van der Waals surface area contributed by atoms with Crippen molar-refractivity contribution in [3.8, 4) is 0 Å². The van der Waals surface area contributed by atoms with E-state index in [0.29, 0.717) is 11.8 Å².